The smallest absolute Gasteiger partial charge is 0.152 e. The van der Waals surface area contributed by atoms with Crippen LogP contribution >= 0.6 is 0 Å². The van der Waals surface area contributed by atoms with Crippen molar-refractivity contribution in [3.05, 3.63) is 35.9 Å². The molecule has 0 heterocycles. The largest absolute Gasteiger partial charge is 0.295 e. The third-order valence-corrected chi connectivity index (χ3v) is 1.93. The van der Waals surface area contributed by atoms with Gasteiger partial charge in [0.15, 0.2) is 5.78 Å². The van der Waals surface area contributed by atoms with E-state index in [1.165, 1.54) is 5.46 Å². The maximum atomic E-state index is 10.8. The van der Waals surface area contributed by atoms with Gasteiger partial charge in [-0.3, -0.25) is 4.79 Å². The van der Waals surface area contributed by atoms with Crippen LogP contribution in [0.5, 0.6) is 0 Å². The molecule has 0 unspecified atom stereocenters. The number of rotatable bonds is 2. The Morgan fingerprint density at radius 3 is 2.23 bits per heavy atom. The van der Waals surface area contributed by atoms with Crippen LogP contribution in [0.2, 0.25) is 0 Å². The molecule has 1 rings (SSSR count). The van der Waals surface area contributed by atoms with Crippen LogP contribution in [0.3, 0.4) is 0 Å². The Hall–Kier alpha value is -1.31. The average Bonchev–Trinajstić information content (AvgIpc) is 2.04. The first-order chi connectivity index (χ1) is 6.09. The van der Waals surface area contributed by atoms with Crippen LogP contribution in [0.1, 0.15) is 19.4 Å². The summed E-state index contributed by atoms with van der Waals surface area (Å²) >= 11 is 0. The Kier molecular flexibility index (Phi) is 3.07. The molecule has 0 saturated carbocycles. The van der Waals surface area contributed by atoms with Crippen LogP contribution in [0.4, 0.5) is 0 Å². The average molecular weight is 172 g/mol. The van der Waals surface area contributed by atoms with E-state index < -0.39 is 0 Å². The van der Waals surface area contributed by atoms with Crippen LogP contribution in [-0.4, -0.2) is 13.6 Å². The van der Waals surface area contributed by atoms with E-state index in [0.29, 0.717) is 0 Å². The van der Waals surface area contributed by atoms with Crippen molar-refractivity contribution in [1.29, 1.82) is 0 Å². The van der Waals surface area contributed by atoms with Crippen molar-refractivity contribution >= 4 is 24.7 Å². The summed E-state index contributed by atoms with van der Waals surface area (Å²) in [6.07, 6.45) is 1.66. The molecule has 0 saturated heterocycles. The molecule has 0 spiro atoms. The topological polar surface area (TPSA) is 17.1 Å². The van der Waals surface area contributed by atoms with Gasteiger partial charge in [-0.1, -0.05) is 29.7 Å². The third-order valence-electron chi connectivity index (χ3n) is 1.93. The fourth-order valence-electron chi connectivity index (χ4n) is 1.20. The number of allylic oxidation sites excluding steroid dienone is 2. The first-order valence-electron chi connectivity index (χ1n) is 4.35. The van der Waals surface area contributed by atoms with Crippen molar-refractivity contribution in [1.82, 2.24) is 0 Å². The van der Waals surface area contributed by atoms with Gasteiger partial charge >= 0.3 is 0 Å². The van der Waals surface area contributed by atoms with E-state index >= 15 is 0 Å². The summed E-state index contributed by atoms with van der Waals surface area (Å²) in [5, 5.41) is 0. The molecule has 0 aromatic heterocycles. The summed E-state index contributed by atoms with van der Waals surface area (Å²) in [6, 6.07) is 8.16. The molecule has 0 bridgehead atoms. The molecule has 0 radical (unpaired) electrons. The van der Waals surface area contributed by atoms with Gasteiger partial charge in [-0.15, -0.1) is 0 Å². The zero-order valence-electron chi connectivity index (χ0n) is 8.29. The van der Waals surface area contributed by atoms with Crippen molar-refractivity contribution in [2.75, 3.05) is 0 Å². The van der Waals surface area contributed by atoms with E-state index in [4.69, 9.17) is 0 Å². The fraction of sp³-hybridized carbons (Fsp3) is 0.182. The van der Waals surface area contributed by atoms with Crippen molar-refractivity contribution < 1.29 is 4.79 Å². The highest BCUT2D eigenvalue weighted by Crippen LogP contribution is 2.11. The van der Waals surface area contributed by atoms with Gasteiger partial charge in [-0.05, 0) is 31.1 Å². The lowest BCUT2D eigenvalue weighted by Gasteiger charge is -2.00. The SMILES string of the molecule is Bc1ccc(C(C)=CC(C)=O)cc1. The van der Waals surface area contributed by atoms with Gasteiger partial charge in [0.05, 0.1) is 0 Å². The lowest BCUT2D eigenvalue weighted by molar-refractivity contribution is -0.112. The highest BCUT2D eigenvalue weighted by molar-refractivity contribution is 6.32. The van der Waals surface area contributed by atoms with Crippen LogP contribution in [0, 0.1) is 0 Å². The van der Waals surface area contributed by atoms with Crippen LogP contribution in [-0.2, 0) is 4.79 Å². The predicted molar refractivity (Wildman–Crippen MR) is 59.0 cm³/mol. The number of ketones is 1. The third kappa shape index (κ3) is 2.90. The second-order valence-corrected chi connectivity index (χ2v) is 3.30. The monoisotopic (exact) mass is 172 g/mol. The molecule has 13 heavy (non-hydrogen) atoms. The minimum atomic E-state index is 0.0954. The van der Waals surface area contributed by atoms with E-state index in [0.717, 1.165) is 11.1 Å². The molecule has 0 aliphatic rings. The Bertz CT molecular complexity index is 336. The molecule has 1 nitrogen and oxygen atoms in total. The Morgan fingerprint density at radius 2 is 1.77 bits per heavy atom. The normalized spacial score (nSPS) is 11.4. The molecule has 0 amide bonds. The Balaban J connectivity index is 2.96. The van der Waals surface area contributed by atoms with Gasteiger partial charge in [0.1, 0.15) is 7.85 Å². The zero-order chi connectivity index (χ0) is 9.84. The molecule has 0 N–H and O–H groups in total. The maximum absolute atomic E-state index is 10.8. The van der Waals surface area contributed by atoms with Crippen LogP contribution < -0.4 is 5.46 Å². The first-order valence-corrected chi connectivity index (χ1v) is 4.35. The van der Waals surface area contributed by atoms with Crippen molar-refractivity contribution in [3.63, 3.8) is 0 Å². The maximum Gasteiger partial charge on any atom is 0.152 e. The number of hydrogen-bond acceptors (Lipinski definition) is 1. The summed E-state index contributed by atoms with van der Waals surface area (Å²) in [4.78, 5) is 10.8. The molecule has 1 aromatic carbocycles. The molecule has 0 fully saturated rings. The lowest BCUT2D eigenvalue weighted by atomic mass is 9.94. The highest BCUT2D eigenvalue weighted by atomic mass is 16.1. The molecular weight excluding hydrogens is 159 g/mol. The number of hydrogen-bond donors (Lipinski definition) is 0. The highest BCUT2D eigenvalue weighted by Gasteiger charge is 1.95. The van der Waals surface area contributed by atoms with Crippen LogP contribution in [0.15, 0.2) is 30.3 Å². The van der Waals surface area contributed by atoms with Crippen molar-refractivity contribution in [2.24, 2.45) is 0 Å². The number of carbonyl (C=O) groups excluding carboxylic acids is 1. The summed E-state index contributed by atoms with van der Waals surface area (Å²) in [5.41, 5.74) is 3.37. The standard InChI is InChI=1S/C11H13BO/c1-8(7-9(2)13)10-3-5-11(12)6-4-10/h3-7H,12H2,1-2H3. The molecule has 0 aliphatic heterocycles. The summed E-state index contributed by atoms with van der Waals surface area (Å²) in [7, 11) is 2.05. The van der Waals surface area contributed by atoms with Gasteiger partial charge in [-0.25, -0.2) is 0 Å². The zero-order valence-corrected chi connectivity index (χ0v) is 8.29. The molecule has 66 valence electrons. The molecule has 2 heteroatoms. The lowest BCUT2D eigenvalue weighted by Crippen LogP contribution is -2.00. The Labute approximate surface area is 79.9 Å². The second kappa shape index (κ2) is 4.08. The molecular formula is C11H13BO. The molecule has 1 aromatic rings. The van der Waals surface area contributed by atoms with E-state index in [1.54, 1.807) is 13.0 Å². The van der Waals surface area contributed by atoms with E-state index in [1.807, 2.05) is 39.0 Å². The minimum Gasteiger partial charge on any atom is -0.295 e. The van der Waals surface area contributed by atoms with E-state index in [9.17, 15) is 4.79 Å². The van der Waals surface area contributed by atoms with Crippen molar-refractivity contribution in [3.8, 4) is 0 Å². The first kappa shape index (κ1) is 9.78. The van der Waals surface area contributed by atoms with Gasteiger partial charge < -0.3 is 0 Å². The summed E-state index contributed by atoms with van der Waals surface area (Å²) in [5.74, 6) is 0.0954. The second-order valence-electron chi connectivity index (χ2n) is 3.30. The number of benzene rings is 1. The van der Waals surface area contributed by atoms with Gasteiger partial charge in [0, 0.05) is 0 Å². The minimum absolute atomic E-state index is 0.0954. The van der Waals surface area contributed by atoms with Gasteiger partial charge in [0.2, 0.25) is 0 Å². The molecule has 0 atom stereocenters. The van der Waals surface area contributed by atoms with Crippen molar-refractivity contribution in [2.45, 2.75) is 13.8 Å². The van der Waals surface area contributed by atoms with E-state index in [-0.39, 0.29) is 5.78 Å². The summed E-state index contributed by atoms with van der Waals surface area (Å²) < 4.78 is 0. The van der Waals surface area contributed by atoms with Crippen LogP contribution in [0.25, 0.3) is 5.57 Å². The quantitative estimate of drug-likeness (QED) is 0.479. The van der Waals surface area contributed by atoms with Gasteiger partial charge in [0.25, 0.3) is 0 Å². The van der Waals surface area contributed by atoms with E-state index in [2.05, 4.69) is 0 Å². The fourth-order valence-corrected chi connectivity index (χ4v) is 1.20. The Morgan fingerprint density at radius 1 is 1.23 bits per heavy atom. The van der Waals surface area contributed by atoms with Gasteiger partial charge in [-0.2, -0.15) is 0 Å². The molecule has 0 aliphatic carbocycles. The predicted octanol–water partition coefficient (Wildman–Crippen LogP) is 0.937. The summed E-state index contributed by atoms with van der Waals surface area (Å²) in [6.45, 7) is 3.52. The number of carbonyl (C=O) groups is 1.